The van der Waals surface area contributed by atoms with Crippen LogP contribution in [0.15, 0.2) is 51.5 Å². The predicted octanol–water partition coefficient (Wildman–Crippen LogP) is 3.29. The van der Waals surface area contributed by atoms with E-state index in [9.17, 15) is 4.39 Å². The zero-order chi connectivity index (χ0) is 18.8. The van der Waals surface area contributed by atoms with E-state index in [0.29, 0.717) is 28.4 Å². The lowest BCUT2D eigenvalue weighted by Gasteiger charge is -2.06. The van der Waals surface area contributed by atoms with E-state index in [0.717, 1.165) is 11.1 Å². The molecule has 0 aliphatic heterocycles. The number of benzene rings is 1. The monoisotopic (exact) mass is 375 g/mol. The second kappa shape index (κ2) is 5.22. The highest BCUT2D eigenvalue weighted by atomic mass is 19.1. The number of hydrogen-bond acceptors (Lipinski definition) is 7. The van der Waals surface area contributed by atoms with E-state index in [4.69, 9.17) is 8.94 Å². The highest BCUT2D eigenvalue weighted by Crippen LogP contribution is 2.28. The fraction of sp³-hybridized carbons (Fsp3) is 0.0556. The third-order valence-electron chi connectivity index (χ3n) is 4.56. The summed E-state index contributed by atoms with van der Waals surface area (Å²) in [5.74, 6) is 1.91. The van der Waals surface area contributed by atoms with Crippen LogP contribution in [0.4, 0.5) is 4.39 Å². The van der Waals surface area contributed by atoms with Crippen molar-refractivity contribution in [3.8, 4) is 23.3 Å². The number of aromatic nitrogens is 7. The molecule has 0 amide bonds. The predicted molar refractivity (Wildman–Crippen MR) is 94.9 cm³/mol. The summed E-state index contributed by atoms with van der Waals surface area (Å²) in [6, 6.07) is 10.9. The van der Waals surface area contributed by atoms with Gasteiger partial charge < -0.3 is 8.94 Å². The molecule has 0 atom stereocenters. The molecule has 0 spiro atoms. The van der Waals surface area contributed by atoms with Crippen LogP contribution in [-0.2, 0) is 0 Å². The van der Waals surface area contributed by atoms with Gasteiger partial charge in [0.05, 0.1) is 11.7 Å². The molecular weight excluding hydrogens is 365 g/mol. The van der Waals surface area contributed by atoms with Crippen LogP contribution in [0.25, 0.3) is 45.5 Å². The van der Waals surface area contributed by atoms with Crippen molar-refractivity contribution in [3.05, 3.63) is 54.4 Å². The van der Waals surface area contributed by atoms with Gasteiger partial charge in [0.15, 0.2) is 11.4 Å². The second-order valence-corrected chi connectivity index (χ2v) is 6.25. The highest BCUT2D eigenvalue weighted by Gasteiger charge is 2.22. The van der Waals surface area contributed by atoms with Crippen molar-refractivity contribution < 1.29 is 13.3 Å². The molecule has 0 aliphatic rings. The first-order valence-electron chi connectivity index (χ1n) is 8.40. The molecule has 0 unspecified atom stereocenters. The smallest absolute Gasteiger partial charge is 0.295 e. The first-order chi connectivity index (χ1) is 13.7. The number of imidazole rings is 1. The van der Waals surface area contributed by atoms with Gasteiger partial charge in [0.2, 0.25) is 11.6 Å². The van der Waals surface area contributed by atoms with Gasteiger partial charge in [0.25, 0.3) is 12.0 Å². The van der Waals surface area contributed by atoms with Crippen LogP contribution in [0.1, 0.15) is 5.76 Å². The third-order valence-corrected chi connectivity index (χ3v) is 4.56. The summed E-state index contributed by atoms with van der Waals surface area (Å²) in [5, 5.41) is 13.2. The summed E-state index contributed by atoms with van der Waals surface area (Å²) in [6.45, 7) is 1.82. The van der Waals surface area contributed by atoms with Gasteiger partial charge in [-0.05, 0) is 31.2 Å². The minimum atomic E-state index is -0.632. The fourth-order valence-corrected chi connectivity index (χ4v) is 3.34. The maximum atomic E-state index is 14.4. The molecule has 9 nitrogen and oxygen atoms in total. The van der Waals surface area contributed by atoms with Gasteiger partial charge in [0.1, 0.15) is 11.4 Å². The van der Waals surface area contributed by atoms with E-state index in [1.807, 2.05) is 25.1 Å². The van der Waals surface area contributed by atoms with E-state index in [1.54, 1.807) is 22.6 Å². The first kappa shape index (κ1) is 15.0. The topological polar surface area (TPSA) is 99.5 Å². The Balaban J connectivity index is 1.66. The standard InChI is InChI=1S/C18H10FN7O2/c1-9-6-7-12(27-9)17-21-14(24-28-17)16-23-22-15-10-4-2-3-5-11(10)25-13(26(15)16)8-20-18(25)19/h2-8H,1H3. The van der Waals surface area contributed by atoms with Gasteiger partial charge in [0, 0.05) is 5.39 Å². The van der Waals surface area contributed by atoms with Gasteiger partial charge in [-0.15, -0.1) is 10.2 Å². The molecule has 0 bridgehead atoms. The summed E-state index contributed by atoms with van der Waals surface area (Å²) in [7, 11) is 0. The van der Waals surface area contributed by atoms with Crippen LogP contribution in [0.3, 0.4) is 0 Å². The van der Waals surface area contributed by atoms with Crippen LogP contribution >= 0.6 is 0 Å². The molecule has 5 aromatic heterocycles. The van der Waals surface area contributed by atoms with E-state index in [2.05, 4.69) is 25.3 Å². The third kappa shape index (κ3) is 1.91. The molecule has 5 heterocycles. The van der Waals surface area contributed by atoms with Gasteiger partial charge in [-0.2, -0.15) is 9.37 Å². The molecular formula is C18H10FN7O2. The fourth-order valence-electron chi connectivity index (χ4n) is 3.34. The number of para-hydroxylation sites is 1. The number of fused-ring (bicyclic) bond motifs is 6. The zero-order valence-electron chi connectivity index (χ0n) is 14.4. The number of rotatable bonds is 2. The Kier molecular flexibility index (Phi) is 2.80. The molecule has 10 heteroatoms. The van der Waals surface area contributed by atoms with Crippen LogP contribution in [0, 0.1) is 13.0 Å². The summed E-state index contributed by atoms with van der Waals surface area (Å²) >= 11 is 0. The first-order valence-corrected chi connectivity index (χ1v) is 8.40. The molecule has 0 N–H and O–H groups in total. The number of aryl methyl sites for hydroxylation is 1. The minimum absolute atomic E-state index is 0.204. The van der Waals surface area contributed by atoms with Gasteiger partial charge in [-0.1, -0.05) is 17.3 Å². The molecule has 0 saturated heterocycles. The van der Waals surface area contributed by atoms with Crippen molar-refractivity contribution in [2.24, 2.45) is 0 Å². The SMILES string of the molecule is Cc1ccc(-c2nc(-c3nnc4c5ccccc5n5c(F)ncc5n34)no2)o1. The molecule has 6 aromatic rings. The van der Waals surface area contributed by atoms with Crippen LogP contribution < -0.4 is 0 Å². The van der Waals surface area contributed by atoms with Crippen molar-refractivity contribution in [2.45, 2.75) is 6.92 Å². The quantitative estimate of drug-likeness (QED) is 0.458. The van der Waals surface area contributed by atoms with Crippen LogP contribution in [-0.4, -0.2) is 34.1 Å². The average Bonchev–Trinajstić information content (AvgIpc) is 3.47. The zero-order valence-corrected chi connectivity index (χ0v) is 14.4. The summed E-state index contributed by atoms with van der Waals surface area (Å²) in [4.78, 5) is 8.17. The Morgan fingerprint density at radius 2 is 1.93 bits per heavy atom. The van der Waals surface area contributed by atoms with Crippen LogP contribution in [0.2, 0.25) is 0 Å². The average molecular weight is 375 g/mol. The summed E-state index contributed by atoms with van der Waals surface area (Å²) in [6.07, 6.45) is 0.783. The van der Waals surface area contributed by atoms with Crippen LogP contribution in [0.5, 0.6) is 0 Å². The molecule has 6 rings (SSSR count). The lowest BCUT2D eigenvalue weighted by Crippen LogP contribution is -2.00. The number of hydrogen-bond donors (Lipinski definition) is 0. The largest absolute Gasteiger partial charge is 0.456 e. The van der Waals surface area contributed by atoms with E-state index in [-0.39, 0.29) is 11.7 Å². The normalized spacial score (nSPS) is 11.9. The lowest BCUT2D eigenvalue weighted by molar-refractivity contribution is 0.413. The van der Waals surface area contributed by atoms with Crippen molar-refractivity contribution in [1.82, 2.24) is 34.1 Å². The second-order valence-electron chi connectivity index (χ2n) is 6.25. The molecule has 1 aromatic carbocycles. The molecule has 0 radical (unpaired) electrons. The Labute approximate surface area is 155 Å². The Morgan fingerprint density at radius 1 is 1.04 bits per heavy atom. The van der Waals surface area contributed by atoms with Crippen molar-refractivity contribution in [1.29, 1.82) is 0 Å². The summed E-state index contributed by atoms with van der Waals surface area (Å²) < 4.78 is 28.3. The minimum Gasteiger partial charge on any atom is -0.456 e. The van der Waals surface area contributed by atoms with Gasteiger partial charge >= 0.3 is 0 Å². The Hall–Kier alpha value is -4.08. The molecule has 0 aliphatic carbocycles. The molecule has 136 valence electrons. The Bertz CT molecular complexity index is 1510. The lowest BCUT2D eigenvalue weighted by atomic mass is 10.2. The maximum Gasteiger partial charge on any atom is 0.295 e. The van der Waals surface area contributed by atoms with Crippen molar-refractivity contribution in [3.63, 3.8) is 0 Å². The summed E-state index contributed by atoms with van der Waals surface area (Å²) in [5.41, 5.74) is 1.63. The number of nitrogens with zero attached hydrogens (tertiary/aromatic N) is 7. The molecule has 0 saturated carbocycles. The Morgan fingerprint density at radius 3 is 2.79 bits per heavy atom. The van der Waals surface area contributed by atoms with E-state index in [1.165, 1.54) is 10.6 Å². The number of halogens is 1. The van der Waals surface area contributed by atoms with E-state index >= 15 is 0 Å². The molecule has 0 fully saturated rings. The van der Waals surface area contributed by atoms with Gasteiger partial charge in [-0.25, -0.2) is 4.98 Å². The van der Waals surface area contributed by atoms with Gasteiger partial charge in [-0.3, -0.25) is 8.80 Å². The van der Waals surface area contributed by atoms with Crippen molar-refractivity contribution in [2.75, 3.05) is 0 Å². The number of furan rings is 1. The molecule has 28 heavy (non-hydrogen) atoms. The maximum absolute atomic E-state index is 14.4. The van der Waals surface area contributed by atoms with E-state index < -0.39 is 6.08 Å². The highest BCUT2D eigenvalue weighted by molar-refractivity contribution is 5.94. The van der Waals surface area contributed by atoms with Crippen molar-refractivity contribution >= 4 is 22.2 Å².